The summed E-state index contributed by atoms with van der Waals surface area (Å²) in [7, 11) is 0. The molecule has 18 heavy (non-hydrogen) atoms. The van der Waals surface area contributed by atoms with Crippen LogP contribution in [0.5, 0.6) is 0 Å². The number of carbonyl (C=O) groups is 1. The molecular weight excluding hydrogens is 232 g/mol. The summed E-state index contributed by atoms with van der Waals surface area (Å²) < 4.78 is 0. The number of nitrogens with one attached hydrogen (secondary N) is 1. The molecule has 0 radical (unpaired) electrons. The molecule has 2 rings (SSSR count). The van der Waals surface area contributed by atoms with E-state index >= 15 is 0 Å². The Balaban J connectivity index is 2.00. The first-order chi connectivity index (χ1) is 8.63. The van der Waals surface area contributed by atoms with Gasteiger partial charge in [0.15, 0.2) is 5.60 Å². The minimum Gasteiger partial charge on any atom is -0.383 e. The maximum atomic E-state index is 11.9. The van der Waals surface area contributed by atoms with Crippen molar-refractivity contribution in [2.24, 2.45) is 4.99 Å². The number of aliphatic imine (C=N–C) groups is 1. The first-order valence-corrected chi connectivity index (χ1v) is 5.56. The molecule has 3 N–H and O–H groups in total. The number of carbonyl (C=O) groups excluding carboxylic acids is 1. The maximum Gasteiger partial charge on any atom is 0.259 e. The third kappa shape index (κ3) is 2.47. The highest BCUT2D eigenvalue weighted by atomic mass is 16.4. The van der Waals surface area contributed by atoms with Crippen molar-refractivity contribution in [3.63, 3.8) is 0 Å². The van der Waals surface area contributed by atoms with Crippen LogP contribution >= 0.6 is 0 Å². The molecule has 1 heterocycles. The Kier molecular flexibility index (Phi) is 3.55. The third-order valence-electron chi connectivity index (χ3n) is 2.75. The SMILES string of the molecule is O=C(NCc1ccccc1)C1(O)C=CN=CC1O. The van der Waals surface area contributed by atoms with E-state index < -0.39 is 17.6 Å². The van der Waals surface area contributed by atoms with Gasteiger partial charge in [-0.25, -0.2) is 0 Å². The molecule has 0 bridgehead atoms. The summed E-state index contributed by atoms with van der Waals surface area (Å²) in [6.07, 6.45) is 2.26. The van der Waals surface area contributed by atoms with Crippen molar-refractivity contribution in [1.82, 2.24) is 5.32 Å². The quantitative estimate of drug-likeness (QED) is 0.701. The van der Waals surface area contributed by atoms with Crippen LogP contribution in [0.4, 0.5) is 0 Å². The molecule has 0 fully saturated rings. The van der Waals surface area contributed by atoms with Gasteiger partial charge in [-0.3, -0.25) is 9.79 Å². The molecule has 5 nitrogen and oxygen atoms in total. The Bertz CT molecular complexity index is 484. The summed E-state index contributed by atoms with van der Waals surface area (Å²) >= 11 is 0. The van der Waals surface area contributed by atoms with Crippen molar-refractivity contribution in [3.05, 3.63) is 48.2 Å². The van der Waals surface area contributed by atoms with Crippen molar-refractivity contribution < 1.29 is 15.0 Å². The average molecular weight is 246 g/mol. The first-order valence-electron chi connectivity index (χ1n) is 5.56. The molecule has 0 aliphatic carbocycles. The number of aliphatic hydroxyl groups excluding tert-OH is 1. The first kappa shape index (κ1) is 12.5. The van der Waals surface area contributed by atoms with Crippen molar-refractivity contribution in [2.75, 3.05) is 0 Å². The van der Waals surface area contributed by atoms with Gasteiger partial charge in [0.1, 0.15) is 6.10 Å². The molecule has 1 amide bonds. The van der Waals surface area contributed by atoms with E-state index in [1.165, 1.54) is 12.3 Å². The summed E-state index contributed by atoms with van der Waals surface area (Å²) in [5.74, 6) is -0.652. The van der Waals surface area contributed by atoms with Crippen LogP contribution in [-0.4, -0.2) is 34.0 Å². The van der Waals surface area contributed by atoms with Crippen LogP contribution in [0.2, 0.25) is 0 Å². The number of benzene rings is 1. The fourth-order valence-corrected chi connectivity index (χ4v) is 1.63. The zero-order valence-electron chi connectivity index (χ0n) is 9.65. The third-order valence-corrected chi connectivity index (χ3v) is 2.75. The van der Waals surface area contributed by atoms with Gasteiger partial charge in [-0.1, -0.05) is 30.3 Å². The Morgan fingerprint density at radius 1 is 1.39 bits per heavy atom. The van der Waals surface area contributed by atoms with Gasteiger partial charge in [0, 0.05) is 19.0 Å². The summed E-state index contributed by atoms with van der Waals surface area (Å²) in [6.45, 7) is 0.291. The van der Waals surface area contributed by atoms with Crippen molar-refractivity contribution in [3.8, 4) is 0 Å². The van der Waals surface area contributed by atoms with E-state index in [9.17, 15) is 15.0 Å². The van der Waals surface area contributed by atoms with Gasteiger partial charge in [0.2, 0.25) is 0 Å². The highest BCUT2D eigenvalue weighted by molar-refractivity contribution is 5.92. The van der Waals surface area contributed by atoms with Crippen molar-refractivity contribution >= 4 is 12.1 Å². The Labute approximate surface area is 104 Å². The lowest BCUT2D eigenvalue weighted by Gasteiger charge is -2.27. The van der Waals surface area contributed by atoms with Crippen LogP contribution < -0.4 is 5.32 Å². The van der Waals surface area contributed by atoms with E-state index in [1.54, 1.807) is 0 Å². The summed E-state index contributed by atoms with van der Waals surface area (Å²) in [6, 6.07) is 9.32. The second kappa shape index (κ2) is 5.12. The van der Waals surface area contributed by atoms with E-state index in [0.29, 0.717) is 6.54 Å². The molecule has 0 saturated carbocycles. The smallest absolute Gasteiger partial charge is 0.259 e. The minimum absolute atomic E-state index is 0.291. The van der Waals surface area contributed by atoms with E-state index in [2.05, 4.69) is 10.3 Å². The lowest BCUT2D eigenvalue weighted by molar-refractivity contribution is -0.141. The van der Waals surface area contributed by atoms with Gasteiger partial charge < -0.3 is 15.5 Å². The van der Waals surface area contributed by atoms with Gasteiger partial charge in [-0.15, -0.1) is 0 Å². The van der Waals surface area contributed by atoms with Gasteiger partial charge in [0.05, 0.1) is 0 Å². The normalized spacial score (nSPS) is 26.0. The Hall–Kier alpha value is -1.98. The van der Waals surface area contributed by atoms with Gasteiger partial charge in [-0.2, -0.15) is 0 Å². The number of hydrogen-bond donors (Lipinski definition) is 3. The minimum atomic E-state index is -1.95. The van der Waals surface area contributed by atoms with Gasteiger partial charge >= 0.3 is 0 Å². The number of amides is 1. The zero-order chi connectivity index (χ0) is 13.0. The molecule has 1 aliphatic heterocycles. The van der Waals surface area contributed by atoms with Crippen LogP contribution in [0.25, 0.3) is 0 Å². The molecule has 2 atom stereocenters. The summed E-state index contributed by atoms with van der Waals surface area (Å²) in [5, 5.41) is 22.2. The van der Waals surface area contributed by atoms with E-state index in [0.717, 1.165) is 11.8 Å². The largest absolute Gasteiger partial charge is 0.383 e. The van der Waals surface area contributed by atoms with Crippen LogP contribution in [0.3, 0.4) is 0 Å². The highest BCUT2D eigenvalue weighted by Gasteiger charge is 2.41. The van der Waals surface area contributed by atoms with Crippen LogP contribution in [0.15, 0.2) is 47.6 Å². The highest BCUT2D eigenvalue weighted by Crippen LogP contribution is 2.16. The molecule has 0 aromatic heterocycles. The number of nitrogens with zero attached hydrogens (tertiary/aromatic N) is 1. The average Bonchev–Trinajstić information content (AvgIpc) is 2.40. The molecule has 1 aromatic rings. The second-order valence-corrected chi connectivity index (χ2v) is 4.05. The summed E-state index contributed by atoms with van der Waals surface area (Å²) in [5.41, 5.74) is -1.03. The lowest BCUT2D eigenvalue weighted by atomic mass is 9.94. The topological polar surface area (TPSA) is 81.9 Å². The molecular formula is C13H14N2O3. The Morgan fingerprint density at radius 2 is 2.11 bits per heavy atom. The van der Waals surface area contributed by atoms with E-state index in [4.69, 9.17) is 0 Å². The van der Waals surface area contributed by atoms with Gasteiger partial charge in [-0.05, 0) is 11.6 Å². The maximum absolute atomic E-state index is 11.9. The molecule has 0 spiro atoms. The van der Waals surface area contributed by atoms with Gasteiger partial charge in [0.25, 0.3) is 5.91 Å². The molecule has 5 heteroatoms. The monoisotopic (exact) mass is 246 g/mol. The standard InChI is InChI=1S/C13H14N2O3/c16-11-9-14-7-6-13(11,18)12(17)15-8-10-4-2-1-3-5-10/h1-7,9,11,16,18H,8H2,(H,15,17). The molecule has 2 unspecified atom stereocenters. The molecule has 1 aliphatic rings. The van der Waals surface area contributed by atoms with Crippen LogP contribution in [0, 0.1) is 0 Å². The Morgan fingerprint density at radius 3 is 2.78 bits per heavy atom. The van der Waals surface area contributed by atoms with Crippen molar-refractivity contribution in [2.45, 2.75) is 18.2 Å². The zero-order valence-corrected chi connectivity index (χ0v) is 9.65. The number of aliphatic hydroxyl groups is 2. The lowest BCUT2D eigenvalue weighted by Crippen LogP contribution is -2.54. The fraction of sp³-hybridized carbons (Fsp3) is 0.231. The molecule has 1 aromatic carbocycles. The van der Waals surface area contributed by atoms with E-state index in [1.807, 2.05) is 30.3 Å². The predicted octanol–water partition coefficient (Wildman–Crippen LogP) is -0.00710. The second-order valence-electron chi connectivity index (χ2n) is 4.05. The van der Waals surface area contributed by atoms with E-state index in [-0.39, 0.29) is 0 Å². The fourth-order valence-electron chi connectivity index (χ4n) is 1.63. The summed E-state index contributed by atoms with van der Waals surface area (Å²) in [4.78, 5) is 15.5. The van der Waals surface area contributed by atoms with Crippen LogP contribution in [-0.2, 0) is 11.3 Å². The van der Waals surface area contributed by atoms with Crippen LogP contribution in [0.1, 0.15) is 5.56 Å². The predicted molar refractivity (Wildman–Crippen MR) is 66.9 cm³/mol. The molecule has 0 saturated heterocycles. The number of rotatable bonds is 3. The number of hydrogen-bond acceptors (Lipinski definition) is 4. The molecule has 94 valence electrons. The van der Waals surface area contributed by atoms with Crippen molar-refractivity contribution in [1.29, 1.82) is 0 Å².